The van der Waals surface area contributed by atoms with Crippen molar-refractivity contribution in [1.82, 2.24) is 5.06 Å². The number of ether oxygens (including phenoxy) is 1. The zero-order valence-corrected chi connectivity index (χ0v) is 26.3. The summed E-state index contributed by atoms with van der Waals surface area (Å²) in [6, 6.07) is 0. The van der Waals surface area contributed by atoms with Crippen LogP contribution in [-0.2, 0) is 9.53 Å². The first-order chi connectivity index (χ1) is 18.6. The molecule has 228 valence electrons. The molecule has 0 aromatic carbocycles. The summed E-state index contributed by atoms with van der Waals surface area (Å²) in [4.78, 5) is 12.5. The van der Waals surface area contributed by atoms with Gasteiger partial charge in [0.2, 0.25) is 0 Å². The molecular weight excluding hydrogens is 470 g/mol. The molecule has 0 bridgehead atoms. The molecule has 0 atom stereocenters. The van der Waals surface area contributed by atoms with Crippen LogP contribution in [0.4, 0.5) is 0 Å². The first kappa shape index (κ1) is 37.4. The van der Waals surface area contributed by atoms with E-state index in [4.69, 9.17) is 4.74 Å². The summed E-state index contributed by atoms with van der Waals surface area (Å²) in [5.41, 5.74) is 0. The zero-order valence-electron chi connectivity index (χ0n) is 26.3. The molecule has 0 aliphatic carbocycles. The predicted octanol–water partition coefficient (Wildman–Crippen LogP) is 11.2. The molecule has 0 aliphatic heterocycles. The molecule has 0 radical (unpaired) electrons. The molecule has 1 N–H and O–H groups in total. The van der Waals surface area contributed by atoms with Gasteiger partial charge in [-0.2, -0.15) is 5.06 Å². The lowest BCUT2D eigenvalue weighted by Gasteiger charge is -2.18. The maximum atomic E-state index is 12.5. The summed E-state index contributed by atoms with van der Waals surface area (Å²) in [5, 5.41) is 11.6. The second-order valence-electron chi connectivity index (χ2n) is 11.8. The van der Waals surface area contributed by atoms with Crippen LogP contribution in [0.3, 0.4) is 0 Å². The average Bonchev–Trinajstić information content (AvgIpc) is 2.91. The number of hydrogen-bond acceptors (Lipinski definition) is 4. The first-order valence-corrected chi connectivity index (χ1v) is 17.3. The number of carbonyl (C=O) groups is 1. The molecule has 0 amide bonds. The minimum Gasteiger partial charge on any atom is -0.462 e. The zero-order chi connectivity index (χ0) is 27.9. The molecule has 0 unspecified atom stereocenters. The predicted molar refractivity (Wildman–Crippen MR) is 165 cm³/mol. The minimum atomic E-state index is 0.0168. The van der Waals surface area contributed by atoms with E-state index in [1.54, 1.807) is 0 Å². The molecule has 0 aliphatic rings. The molecule has 0 aromatic heterocycles. The van der Waals surface area contributed by atoms with Crippen LogP contribution in [0.15, 0.2) is 0 Å². The topological polar surface area (TPSA) is 49.8 Å². The third-order valence-electron chi connectivity index (χ3n) is 7.87. The largest absolute Gasteiger partial charge is 0.462 e. The van der Waals surface area contributed by atoms with Gasteiger partial charge >= 0.3 is 5.97 Å². The minimum absolute atomic E-state index is 0.0168. The Kier molecular flexibility index (Phi) is 30.4. The van der Waals surface area contributed by atoms with Gasteiger partial charge in [-0.15, -0.1) is 0 Å². The van der Waals surface area contributed by atoms with E-state index in [0.29, 0.717) is 6.42 Å². The van der Waals surface area contributed by atoms with Crippen molar-refractivity contribution in [2.24, 2.45) is 0 Å². The van der Waals surface area contributed by atoms with Gasteiger partial charge in [0, 0.05) is 19.5 Å². The van der Waals surface area contributed by atoms with E-state index in [1.165, 1.54) is 121 Å². The van der Waals surface area contributed by atoms with Crippen molar-refractivity contribution in [1.29, 1.82) is 0 Å². The van der Waals surface area contributed by atoms with Gasteiger partial charge in [0.25, 0.3) is 0 Å². The number of hydrogen-bond donors (Lipinski definition) is 1. The quantitative estimate of drug-likeness (QED) is 0.0540. The molecule has 4 nitrogen and oxygen atoms in total. The number of nitrogens with zero attached hydrogens (tertiary/aromatic N) is 1. The van der Waals surface area contributed by atoms with Gasteiger partial charge in [-0.1, -0.05) is 143 Å². The summed E-state index contributed by atoms with van der Waals surface area (Å²) in [6.07, 6.45) is 32.6. The van der Waals surface area contributed by atoms with E-state index < -0.39 is 0 Å². The smallest absolute Gasteiger partial charge is 0.306 e. The fraction of sp³-hybridized carbons (Fsp3) is 0.971. The van der Waals surface area contributed by atoms with Crippen LogP contribution in [0.5, 0.6) is 0 Å². The fourth-order valence-electron chi connectivity index (χ4n) is 5.27. The van der Waals surface area contributed by atoms with Gasteiger partial charge < -0.3 is 9.94 Å². The molecule has 0 aromatic rings. The van der Waals surface area contributed by atoms with Crippen molar-refractivity contribution in [3.63, 3.8) is 0 Å². The number of rotatable bonds is 31. The highest BCUT2D eigenvalue weighted by Gasteiger charge is 2.14. The molecule has 4 heteroatoms. The van der Waals surface area contributed by atoms with Crippen molar-refractivity contribution in [2.45, 2.75) is 200 Å². The monoisotopic (exact) mass is 540 g/mol. The normalized spacial score (nSPS) is 11.6. The van der Waals surface area contributed by atoms with Crippen molar-refractivity contribution in [3.8, 4) is 0 Å². The second-order valence-corrected chi connectivity index (χ2v) is 11.8. The Morgan fingerprint density at radius 3 is 1.29 bits per heavy atom. The van der Waals surface area contributed by atoms with Gasteiger partial charge in [0.1, 0.15) is 6.10 Å². The molecule has 0 spiro atoms. The van der Waals surface area contributed by atoms with Crippen LogP contribution in [0.25, 0.3) is 0 Å². The van der Waals surface area contributed by atoms with E-state index >= 15 is 0 Å². The van der Waals surface area contributed by atoms with Crippen LogP contribution in [0.2, 0.25) is 0 Å². The SMILES string of the molecule is CCCCCCCCCN(O)CCCCCCCC(=O)OC(CCCCCCCC)CCCCCCCC. The number of hydroxylamine groups is 2. The Bertz CT molecular complexity index is 455. The van der Waals surface area contributed by atoms with Crippen LogP contribution in [0, 0.1) is 0 Å². The summed E-state index contributed by atoms with van der Waals surface area (Å²) < 4.78 is 5.96. The van der Waals surface area contributed by atoms with Crippen LogP contribution in [-0.4, -0.2) is 35.4 Å². The van der Waals surface area contributed by atoms with Gasteiger partial charge in [-0.25, -0.2) is 0 Å². The van der Waals surface area contributed by atoms with Crippen molar-refractivity contribution in [2.75, 3.05) is 13.1 Å². The summed E-state index contributed by atoms with van der Waals surface area (Å²) in [6.45, 7) is 8.35. The Labute approximate surface area is 239 Å². The maximum Gasteiger partial charge on any atom is 0.306 e. The third-order valence-corrected chi connectivity index (χ3v) is 7.87. The third kappa shape index (κ3) is 28.4. The first-order valence-electron chi connectivity index (χ1n) is 17.3. The highest BCUT2D eigenvalue weighted by Crippen LogP contribution is 2.18. The molecule has 38 heavy (non-hydrogen) atoms. The Morgan fingerprint density at radius 2 is 0.868 bits per heavy atom. The van der Waals surface area contributed by atoms with E-state index in [0.717, 1.165) is 64.5 Å². The molecule has 0 saturated heterocycles. The van der Waals surface area contributed by atoms with Crippen LogP contribution < -0.4 is 0 Å². The summed E-state index contributed by atoms with van der Waals surface area (Å²) in [5.74, 6) is 0.0168. The number of carbonyl (C=O) groups excluding carboxylic acids is 1. The molecule has 0 saturated carbocycles. The summed E-state index contributed by atoms with van der Waals surface area (Å²) in [7, 11) is 0. The molecule has 0 fully saturated rings. The second kappa shape index (κ2) is 30.9. The number of esters is 1. The molecule has 0 heterocycles. The average molecular weight is 540 g/mol. The Hall–Kier alpha value is -0.610. The highest BCUT2D eigenvalue weighted by atomic mass is 16.5. The van der Waals surface area contributed by atoms with Crippen molar-refractivity contribution >= 4 is 5.97 Å². The van der Waals surface area contributed by atoms with Gasteiger partial charge in [0.05, 0.1) is 0 Å². The summed E-state index contributed by atoms with van der Waals surface area (Å²) >= 11 is 0. The van der Waals surface area contributed by atoms with Gasteiger partial charge in [-0.3, -0.25) is 4.79 Å². The van der Waals surface area contributed by atoms with E-state index in [1.807, 2.05) is 0 Å². The lowest BCUT2D eigenvalue weighted by molar-refractivity contribution is -0.150. The van der Waals surface area contributed by atoms with E-state index in [2.05, 4.69) is 20.8 Å². The van der Waals surface area contributed by atoms with Crippen molar-refractivity contribution < 1.29 is 14.7 Å². The lowest BCUT2D eigenvalue weighted by Crippen LogP contribution is -2.21. The van der Waals surface area contributed by atoms with E-state index in [9.17, 15) is 10.0 Å². The number of unbranched alkanes of at least 4 members (excludes halogenated alkanes) is 20. The maximum absolute atomic E-state index is 12.5. The molecular formula is C34H69NO3. The lowest BCUT2D eigenvalue weighted by atomic mass is 10.0. The van der Waals surface area contributed by atoms with E-state index in [-0.39, 0.29) is 12.1 Å². The highest BCUT2D eigenvalue weighted by molar-refractivity contribution is 5.69. The Morgan fingerprint density at radius 1 is 0.526 bits per heavy atom. The Balaban J connectivity index is 3.87. The van der Waals surface area contributed by atoms with Crippen LogP contribution in [0.1, 0.15) is 194 Å². The molecule has 0 rings (SSSR count). The van der Waals surface area contributed by atoms with Crippen LogP contribution >= 0.6 is 0 Å². The fourth-order valence-corrected chi connectivity index (χ4v) is 5.27. The standard InChI is InChI=1S/C34H69NO3/c1-4-7-10-13-16-21-26-31-35(37)32-27-22-17-20-25-30-34(36)38-33(28-23-18-14-11-8-5-2)29-24-19-15-12-9-6-3/h33,37H,4-32H2,1-3H3. The van der Waals surface area contributed by atoms with Crippen molar-refractivity contribution in [3.05, 3.63) is 0 Å². The van der Waals surface area contributed by atoms with Gasteiger partial charge in [-0.05, 0) is 44.9 Å². The van der Waals surface area contributed by atoms with Gasteiger partial charge in [0.15, 0.2) is 0 Å².